The summed E-state index contributed by atoms with van der Waals surface area (Å²) in [5.41, 5.74) is 3.93. The van der Waals surface area contributed by atoms with E-state index in [1.807, 2.05) is 48.5 Å². The maximum Gasteiger partial charge on any atom is 0.300 e. The monoisotopic (exact) mass is 499 g/mol. The Morgan fingerprint density at radius 3 is 2.16 bits per heavy atom. The lowest BCUT2D eigenvalue weighted by Gasteiger charge is -2.26. The minimum atomic E-state index is -0.802. The molecule has 1 N–H and O–H groups in total. The van der Waals surface area contributed by atoms with Crippen LogP contribution in [0.5, 0.6) is 11.5 Å². The fourth-order valence-electron chi connectivity index (χ4n) is 4.70. The maximum absolute atomic E-state index is 13.5. The topological polar surface area (TPSA) is 76.1 Å². The van der Waals surface area contributed by atoms with Crippen LogP contribution in [-0.4, -0.2) is 31.0 Å². The van der Waals surface area contributed by atoms with Gasteiger partial charge in [0, 0.05) is 5.69 Å². The molecule has 0 saturated carbocycles. The zero-order valence-corrected chi connectivity index (χ0v) is 21.8. The highest BCUT2D eigenvalue weighted by Crippen LogP contribution is 2.43. The van der Waals surface area contributed by atoms with Crippen LogP contribution in [0, 0.1) is 0 Å². The highest BCUT2D eigenvalue weighted by Gasteiger charge is 2.47. The summed E-state index contributed by atoms with van der Waals surface area (Å²) in [4.78, 5) is 28.4. The fraction of sp³-hybridized carbons (Fsp3) is 0.290. The summed E-state index contributed by atoms with van der Waals surface area (Å²) in [6, 6.07) is 19.7. The van der Waals surface area contributed by atoms with E-state index >= 15 is 0 Å². The van der Waals surface area contributed by atoms with Crippen LogP contribution >= 0.6 is 0 Å². The molecule has 1 atom stereocenters. The summed E-state index contributed by atoms with van der Waals surface area (Å²) in [7, 11) is 3.00. The number of anilines is 1. The number of ketones is 1. The van der Waals surface area contributed by atoms with E-state index in [0.717, 1.165) is 36.8 Å². The van der Waals surface area contributed by atoms with E-state index < -0.39 is 17.7 Å². The number of amides is 1. The first-order chi connectivity index (χ1) is 17.9. The smallest absolute Gasteiger partial charge is 0.300 e. The minimum absolute atomic E-state index is 0.0101. The second kappa shape index (κ2) is 11.3. The Kier molecular flexibility index (Phi) is 7.97. The van der Waals surface area contributed by atoms with Crippen molar-refractivity contribution in [2.45, 2.75) is 45.6 Å². The van der Waals surface area contributed by atoms with Gasteiger partial charge in [0.05, 0.1) is 31.4 Å². The lowest BCUT2D eigenvalue weighted by molar-refractivity contribution is -0.132. The van der Waals surface area contributed by atoms with Crippen molar-refractivity contribution in [1.29, 1.82) is 0 Å². The molecule has 3 aromatic rings. The molecule has 192 valence electrons. The molecule has 1 aliphatic heterocycles. The Hall–Kier alpha value is -4.06. The van der Waals surface area contributed by atoms with E-state index in [1.165, 1.54) is 24.7 Å². The van der Waals surface area contributed by atoms with Crippen LogP contribution in [0.3, 0.4) is 0 Å². The highest BCUT2D eigenvalue weighted by atomic mass is 16.5. The third kappa shape index (κ3) is 5.10. The molecule has 1 aliphatic rings. The predicted octanol–water partition coefficient (Wildman–Crippen LogP) is 6.24. The largest absolute Gasteiger partial charge is 0.507 e. The summed E-state index contributed by atoms with van der Waals surface area (Å²) in [6.07, 6.45) is 3.99. The number of carbonyl (C=O) groups is 2. The van der Waals surface area contributed by atoms with E-state index in [0.29, 0.717) is 17.2 Å². The van der Waals surface area contributed by atoms with Gasteiger partial charge in [-0.3, -0.25) is 14.5 Å². The zero-order valence-electron chi connectivity index (χ0n) is 21.8. The minimum Gasteiger partial charge on any atom is -0.507 e. The molecule has 0 radical (unpaired) electrons. The van der Waals surface area contributed by atoms with E-state index in [4.69, 9.17) is 9.47 Å². The number of hydrogen-bond acceptors (Lipinski definition) is 5. The van der Waals surface area contributed by atoms with Gasteiger partial charge >= 0.3 is 0 Å². The lowest BCUT2D eigenvalue weighted by atomic mass is 9.94. The van der Waals surface area contributed by atoms with Crippen molar-refractivity contribution >= 4 is 23.1 Å². The van der Waals surface area contributed by atoms with Gasteiger partial charge in [0.25, 0.3) is 11.7 Å². The first-order valence-electron chi connectivity index (χ1n) is 12.6. The number of aliphatic hydroxyl groups is 1. The first kappa shape index (κ1) is 26.0. The van der Waals surface area contributed by atoms with Gasteiger partial charge in [0.15, 0.2) is 0 Å². The van der Waals surface area contributed by atoms with Crippen LogP contribution in [0.2, 0.25) is 0 Å². The number of rotatable bonds is 9. The highest BCUT2D eigenvalue weighted by molar-refractivity contribution is 6.51. The summed E-state index contributed by atoms with van der Waals surface area (Å²) >= 11 is 0. The maximum atomic E-state index is 13.5. The lowest BCUT2D eigenvalue weighted by Crippen LogP contribution is -2.29. The second-order valence-corrected chi connectivity index (χ2v) is 9.10. The van der Waals surface area contributed by atoms with Crippen LogP contribution in [0.1, 0.15) is 55.0 Å². The molecule has 37 heavy (non-hydrogen) atoms. The molecule has 3 aromatic carbocycles. The van der Waals surface area contributed by atoms with Crippen molar-refractivity contribution in [3.8, 4) is 11.5 Å². The Balaban J connectivity index is 1.89. The Labute approximate surface area is 218 Å². The number of ether oxygens (including phenoxy) is 2. The average Bonchev–Trinajstić information content (AvgIpc) is 3.21. The number of aryl methyl sites for hydroxylation is 2. The van der Waals surface area contributed by atoms with Crippen molar-refractivity contribution < 1.29 is 24.2 Å². The van der Waals surface area contributed by atoms with Gasteiger partial charge in [-0.25, -0.2) is 0 Å². The number of methoxy groups -OCH3 is 2. The second-order valence-electron chi connectivity index (χ2n) is 9.10. The van der Waals surface area contributed by atoms with E-state index in [1.54, 1.807) is 18.2 Å². The Morgan fingerprint density at radius 1 is 0.892 bits per heavy atom. The van der Waals surface area contributed by atoms with Crippen LogP contribution in [0.25, 0.3) is 5.76 Å². The quantitative estimate of drug-likeness (QED) is 0.214. The zero-order chi connectivity index (χ0) is 26.5. The summed E-state index contributed by atoms with van der Waals surface area (Å²) in [6.45, 7) is 4.21. The molecule has 6 heteroatoms. The van der Waals surface area contributed by atoms with Crippen molar-refractivity contribution in [2.75, 3.05) is 19.1 Å². The van der Waals surface area contributed by atoms with E-state index in [2.05, 4.69) is 13.8 Å². The Bertz CT molecular complexity index is 1310. The molecule has 1 fully saturated rings. The van der Waals surface area contributed by atoms with Gasteiger partial charge in [0.1, 0.15) is 17.3 Å². The van der Waals surface area contributed by atoms with Crippen LogP contribution in [-0.2, 0) is 22.4 Å². The molecule has 4 rings (SSSR count). The molecule has 0 aromatic heterocycles. The number of carbonyl (C=O) groups excluding carboxylic acids is 2. The van der Waals surface area contributed by atoms with Gasteiger partial charge in [-0.1, -0.05) is 56.7 Å². The average molecular weight is 500 g/mol. The fourth-order valence-corrected chi connectivity index (χ4v) is 4.70. The number of hydrogen-bond donors (Lipinski definition) is 1. The third-order valence-corrected chi connectivity index (χ3v) is 6.84. The first-order valence-corrected chi connectivity index (χ1v) is 12.6. The van der Waals surface area contributed by atoms with Crippen LogP contribution in [0.4, 0.5) is 5.69 Å². The van der Waals surface area contributed by atoms with Gasteiger partial charge in [0.2, 0.25) is 0 Å². The molecule has 0 bridgehead atoms. The van der Waals surface area contributed by atoms with Gasteiger partial charge < -0.3 is 14.6 Å². The van der Waals surface area contributed by atoms with Crippen molar-refractivity contribution in [2.24, 2.45) is 0 Å². The van der Waals surface area contributed by atoms with Crippen LogP contribution in [0.15, 0.2) is 72.3 Å². The molecule has 6 nitrogen and oxygen atoms in total. The SMILES string of the molecule is CCCCc1ccc(N2C(=O)C(=O)/C(=C(/O)c3cc(OC)ccc3OC)C2c2ccc(CC)cc2)cc1. The van der Waals surface area contributed by atoms with Crippen molar-refractivity contribution in [1.82, 2.24) is 0 Å². The van der Waals surface area contributed by atoms with Gasteiger partial charge in [-0.15, -0.1) is 0 Å². The predicted molar refractivity (Wildman–Crippen MR) is 145 cm³/mol. The van der Waals surface area contributed by atoms with Crippen LogP contribution < -0.4 is 14.4 Å². The van der Waals surface area contributed by atoms with Gasteiger partial charge in [-0.05, 0) is 66.3 Å². The molecule has 1 heterocycles. The summed E-state index contributed by atoms with van der Waals surface area (Å²) in [5, 5.41) is 11.5. The number of aliphatic hydroxyl groups excluding tert-OH is 1. The Morgan fingerprint density at radius 2 is 1.57 bits per heavy atom. The molecular weight excluding hydrogens is 466 g/mol. The summed E-state index contributed by atoms with van der Waals surface area (Å²) in [5.74, 6) is -0.884. The number of benzene rings is 3. The third-order valence-electron chi connectivity index (χ3n) is 6.84. The number of nitrogens with zero attached hydrogens (tertiary/aromatic N) is 1. The van der Waals surface area contributed by atoms with E-state index in [9.17, 15) is 14.7 Å². The summed E-state index contributed by atoms with van der Waals surface area (Å²) < 4.78 is 10.8. The standard InChI is InChI=1S/C31H33NO5/c1-5-7-8-21-11-15-23(16-12-21)32-28(22-13-9-20(6-2)10-14-22)27(30(34)31(32)35)29(33)25-19-24(36-3)17-18-26(25)37-4/h9-19,28,33H,5-8H2,1-4H3/b29-27+. The number of unbranched alkanes of at least 4 members (excludes halogenated alkanes) is 1. The molecule has 1 amide bonds. The molecular formula is C31H33NO5. The molecule has 1 unspecified atom stereocenters. The normalized spacial score (nSPS) is 16.8. The number of Topliss-reactive ketones (excluding diaryl/α,β-unsaturated/α-hetero) is 1. The molecule has 0 aliphatic carbocycles. The van der Waals surface area contributed by atoms with Gasteiger partial charge in [-0.2, -0.15) is 0 Å². The van der Waals surface area contributed by atoms with E-state index in [-0.39, 0.29) is 16.9 Å². The molecule has 0 spiro atoms. The van der Waals surface area contributed by atoms with Crippen molar-refractivity contribution in [3.05, 3.63) is 94.6 Å². The van der Waals surface area contributed by atoms with Crippen molar-refractivity contribution in [3.63, 3.8) is 0 Å². The molecule has 1 saturated heterocycles.